The summed E-state index contributed by atoms with van der Waals surface area (Å²) in [5, 5.41) is 0. The average molecular weight is 659 g/mol. The fraction of sp³-hybridized carbons (Fsp3) is 0.767. The maximum absolute atomic E-state index is 11.2. The zero-order valence-corrected chi connectivity index (χ0v) is 31.6. The zero-order chi connectivity index (χ0) is 34.9. The predicted molar refractivity (Wildman–Crippen MR) is 206 cm³/mol. The van der Waals surface area contributed by atoms with Gasteiger partial charge in [0.2, 0.25) is 0 Å². The smallest absolute Gasteiger partial charge is 0.333 e. The van der Waals surface area contributed by atoms with Gasteiger partial charge in [-0.2, -0.15) is 0 Å². The van der Waals surface area contributed by atoms with Crippen molar-refractivity contribution in [2.75, 3.05) is 13.2 Å². The van der Waals surface area contributed by atoms with Crippen LogP contribution in [-0.2, 0) is 19.1 Å². The lowest BCUT2D eigenvalue weighted by Gasteiger charge is -2.04. The van der Waals surface area contributed by atoms with Crippen molar-refractivity contribution < 1.29 is 19.1 Å². The van der Waals surface area contributed by atoms with Crippen LogP contribution in [0.3, 0.4) is 0 Å². The Bertz CT molecular complexity index is 751. The maximum Gasteiger partial charge on any atom is 0.333 e. The second-order valence-electron chi connectivity index (χ2n) is 13.2. The van der Waals surface area contributed by atoms with Crippen molar-refractivity contribution in [2.24, 2.45) is 0 Å². The molecule has 0 bridgehead atoms. The number of carbonyl (C=O) groups is 2. The second-order valence-corrected chi connectivity index (χ2v) is 13.2. The van der Waals surface area contributed by atoms with Crippen LogP contribution in [0.25, 0.3) is 0 Å². The van der Waals surface area contributed by atoms with Crippen LogP contribution in [0.4, 0.5) is 0 Å². The van der Waals surface area contributed by atoms with Crippen LogP contribution in [-0.4, -0.2) is 25.2 Å². The minimum absolute atomic E-state index is 0.261. The monoisotopic (exact) mass is 659 g/mol. The largest absolute Gasteiger partial charge is 0.463 e. The summed E-state index contributed by atoms with van der Waals surface area (Å²) in [6.07, 6.45) is 46.8. The van der Waals surface area contributed by atoms with Crippen LogP contribution >= 0.6 is 0 Å². The van der Waals surface area contributed by atoms with Gasteiger partial charge in [0.05, 0.1) is 13.2 Å². The lowest BCUT2D eigenvalue weighted by molar-refractivity contribution is -0.139. The van der Waals surface area contributed by atoms with E-state index in [4.69, 9.17) is 9.47 Å². The zero-order valence-electron chi connectivity index (χ0n) is 31.6. The van der Waals surface area contributed by atoms with E-state index in [1.54, 1.807) is 6.92 Å². The Morgan fingerprint density at radius 3 is 1.09 bits per heavy atom. The first kappa shape index (κ1) is 47.0. The highest BCUT2D eigenvalue weighted by atomic mass is 16.5. The number of carbonyl (C=O) groups excluding carboxylic acids is 2. The van der Waals surface area contributed by atoms with Gasteiger partial charge in [-0.3, -0.25) is 0 Å². The number of allylic oxidation sites excluding steroid dienone is 4. The minimum atomic E-state index is -0.308. The lowest BCUT2D eigenvalue weighted by Crippen LogP contribution is -2.05. The van der Waals surface area contributed by atoms with Gasteiger partial charge < -0.3 is 9.47 Å². The molecular weight excluding hydrogens is 580 g/mol. The Hall–Kier alpha value is -2.10. The van der Waals surface area contributed by atoms with Crippen LogP contribution in [0.15, 0.2) is 49.1 Å². The first-order valence-corrected chi connectivity index (χ1v) is 19.9. The van der Waals surface area contributed by atoms with Crippen molar-refractivity contribution >= 4 is 11.9 Å². The van der Waals surface area contributed by atoms with E-state index in [9.17, 15) is 9.59 Å². The van der Waals surface area contributed by atoms with E-state index in [-0.39, 0.29) is 11.9 Å². The summed E-state index contributed by atoms with van der Waals surface area (Å²) in [6, 6.07) is 0. The molecule has 0 aliphatic heterocycles. The molecule has 0 aliphatic rings. The molecular formula is C43H78O4. The number of unbranched alkanes of at least 4 members (excludes halogenated alkanes) is 24. The summed E-state index contributed by atoms with van der Waals surface area (Å²) in [4.78, 5) is 22.0. The number of hydrogen-bond donors (Lipinski definition) is 0. The molecule has 0 N–H and O–H groups in total. The molecule has 0 unspecified atom stereocenters. The molecule has 274 valence electrons. The average Bonchev–Trinajstić information content (AvgIpc) is 3.07. The van der Waals surface area contributed by atoms with E-state index in [1.165, 1.54) is 160 Å². The van der Waals surface area contributed by atoms with Crippen LogP contribution in [0.1, 0.15) is 201 Å². The molecule has 0 heterocycles. The van der Waals surface area contributed by atoms with E-state index in [1.807, 2.05) is 0 Å². The number of hydrogen-bond acceptors (Lipinski definition) is 4. The minimum Gasteiger partial charge on any atom is -0.463 e. The molecule has 4 nitrogen and oxygen atoms in total. The van der Waals surface area contributed by atoms with Gasteiger partial charge in [0.1, 0.15) is 0 Å². The number of esters is 2. The van der Waals surface area contributed by atoms with Crippen molar-refractivity contribution in [1.29, 1.82) is 0 Å². The molecule has 0 fully saturated rings. The summed E-state index contributed by atoms with van der Waals surface area (Å²) in [6.45, 7) is 14.2. The van der Waals surface area contributed by atoms with Crippen LogP contribution in [0.2, 0.25) is 0 Å². The molecule has 0 aromatic heterocycles. The highest BCUT2D eigenvalue weighted by Crippen LogP contribution is 2.12. The van der Waals surface area contributed by atoms with Gasteiger partial charge in [0.15, 0.2) is 0 Å². The molecule has 0 saturated carbocycles. The van der Waals surface area contributed by atoms with E-state index in [0.717, 1.165) is 25.7 Å². The Balaban J connectivity index is 0. The molecule has 0 aliphatic carbocycles. The Kier molecular flexibility index (Phi) is 41.9. The van der Waals surface area contributed by atoms with Gasteiger partial charge in [-0.15, -0.1) is 0 Å². The molecule has 4 heteroatoms. The molecule has 47 heavy (non-hydrogen) atoms. The molecule has 0 saturated heterocycles. The van der Waals surface area contributed by atoms with E-state index < -0.39 is 0 Å². The van der Waals surface area contributed by atoms with E-state index >= 15 is 0 Å². The van der Waals surface area contributed by atoms with Crippen molar-refractivity contribution in [3.8, 4) is 0 Å². The molecule has 0 aromatic carbocycles. The number of rotatable bonds is 34. The highest BCUT2D eigenvalue weighted by Gasteiger charge is 2.01. The molecule has 0 atom stereocenters. The normalized spacial score (nSPS) is 11.0. The van der Waals surface area contributed by atoms with Crippen LogP contribution in [0.5, 0.6) is 0 Å². The third kappa shape index (κ3) is 43.9. The van der Waals surface area contributed by atoms with E-state index in [0.29, 0.717) is 18.8 Å². The molecule has 0 amide bonds. The van der Waals surface area contributed by atoms with Crippen molar-refractivity contribution in [2.45, 2.75) is 201 Å². The van der Waals surface area contributed by atoms with Crippen LogP contribution < -0.4 is 0 Å². The molecule has 0 aromatic rings. The summed E-state index contributed by atoms with van der Waals surface area (Å²) in [5.41, 5.74) is 0.486. The van der Waals surface area contributed by atoms with Gasteiger partial charge in [-0.05, 0) is 71.1 Å². The van der Waals surface area contributed by atoms with Gasteiger partial charge in [0, 0.05) is 11.6 Å². The van der Waals surface area contributed by atoms with Gasteiger partial charge in [-0.1, -0.05) is 167 Å². The van der Waals surface area contributed by atoms with Crippen molar-refractivity contribution in [3.05, 3.63) is 49.1 Å². The first-order valence-electron chi connectivity index (χ1n) is 19.9. The topological polar surface area (TPSA) is 52.6 Å². The third-order valence-corrected chi connectivity index (χ3v) is 8.30. The van der Waals surface area contributed by atoms with Gasteiger partial charge >= 0.3 is 11.9 Å². The van der Waals surface area contributed by atoms with Gasteiger partial charge in [-0.25, -0.2) is 9.59 Å². The van der Waals surface area contributed by atoms with Gasteiger partial charge in [0.25, 0.3) is 0 Å². The Labute approximate surface area is 293 Å². The van der Waals surface area contributed by atoms with Crippen molar-refractivity contribution in [3.63, 3.8) is 0 Å². The molecule has 0 radical (unpaired) electrons. The Morgan fingerprint density at radius 2 is 0.766 bits per heavy atom. The summed E-state index contributed by atoms with van der Waals surface area (Å²) < 4.78 is 10.0. The summed E-state index contributed by atoms with van der Waals surface area (Å²) >= 11 is 0. The number of ether oxygens (including phenoxy) is 2. The standard InChI is InChI=1S/C22H40O2.C21H38O2/c1-4-5-6-7-8-9-10-11-12-13-14-15-16-17-18-19-20-24-22(23)21(2)3;1-3-5-6-7-8-9-10-11-12-13-14-15-16-17-18-19-20-23-21(22)4-2/h11-12H,2,4-10,13-20H2,1,3H3;4,11-12H,2-3,5-10,13-20H2,1H3/b2*12-11+. The predicted octanol–water partition coefficient (Wildman–Crippen LogP) is 13.9. The van der Waals surface area contributed by atoms with E-state index in [2.05, 4.69) is 51.3 Å². The second kappa shape index (κ2) is 41.9. The van der Waals surface area contributed by atoms with Crippen LogP contribution in [0, 0.1) is 0 Å². The molecule has 0 spiro atoms. The summed E-state index contributed by atoms with van der Waals surface area (Å²) in [7, 11) is 0. The van der Waals surface area contributed by atoms with Crippen molar-refractivity contribution in [1.82, 2.24) is 0 Å². The fourth-order valence-corrected chi connectivity index (χ4v) is 5.22. The quantitative estimate of drug-likeness (QED) is 0.0299. The SMILES string of the molecule is C=C(C)C(=O)OCCCCCCCC/C=C/CCCCCCCC.C=CC(=O)OCCCCCCCC/C=C/CCCCCCCC. The summed E-state index contributed by atoms with van der Waals surface area (Å²) in [5.74, 6) is -0.569. The molecule has 0 rings (SSSR count). The first-order chi connectivity index (χ1) is 23.0. The fourth-order valence-electron chi connectivity index (χ4n) is 5.22. The third-order valence-electron chi connectivity index (χ3n) is 8.30. The maximum atomic E-state index is 11.2. The Morgan fingerprint density at radius 1 is 0.468 bits per heavy atom. The lowest BCUT2D eigenvalue weighted by atomic mass is 10.1. The highest BCUT2D eigenvalue weighted by molar-refractivity contribution is 5.86.